The third-order valence-corrected chi connectivity index (χ3v) is 5.10. The lowest BCUT2D eigenvalue weighted by Gasteiger charge is -2.12. The number of aromatic nitrogens is 2. The molecule has 0 atom stereocenters. The Balaban J connectivity index is 1.46. The molecule has 2 amide bonds. The van der Waals surface area contributed by atoms with Gasteiger partial charge in [-0.25, -0.2) is 4.98 Å². The van der Waals surface area contributed by atoms with E-state index in [9.17, 15) is 9.59 Å². The van der Waals surface area contributed by atoms with Gasteiger partial charge in [-0.3, -0.25) is 9.59 Å². The molecule has 33 heavy (non-hydrogen) atoms. The molecule has 0 bridgehead atoms. The fourth-order valence-corrected chi connectivity index (χ4v) is 3.36. The zero-order chi connectivity index (χ0) is 23.2. The van der Waals surface area contributed by atoms with Crippen molar-refractivity contribution >= 4 is 17.9 Å². The maximum absolute atomic E-state index is 12.9. The molecular formula is C26H24N4O3. The predicted octanol–water partition coefficient (Wildman–Crippen LogP) is 4.17. The Morgan fingerprint density at radius 1 is 1.06 bits per heavy atom. The summed E-state index contributed by atoms with van der Waals surface area (Å²) in [7, 11) is 0. The summed E-state index contributed by atoms with van der Waals surface area (Å²) in [5.41, 5.74) is 3.44. The number of imidazole rings is 1. The molecule has 0 aliphatic carbocycles. The zero-order valence-electron chi connectivity index (χ0n) is 18.4. The molecule has 0 saturated heterocycles. The number of amides is 2. The van der Waals surface area contributed by atoms with Crippen molar-refractivity contribution in [1.82, 2.24) is 20.2 Å². The monoisotopic (exact) mass is 440 g/mol. The molecule has 0 radical (unpaired) electrons. The van der Waals surface area contributed by atoms with Crippen LogP contribution in [0.25, 0.3) is 11.8 Å². The van der Waals surface area contributed by atoms with E-state index in [1.54, 1.807) is 36.5 Å². The Morgan fingerprint density at radius 3 is 2.55 bits per heavy atom. The smallest absolute Gasteiger partial charge is 0.268 e. The lowest BCUT2D eigenvalue weighted by Crippen LogP contribution is -2.34. The first-order chi connectivity index (χ1) is 16.0. The molecule has 0 aliphatic rings. The van der Waals surface area contributed by atoms with Crippen molar-refractivity contribution in [2.75, 3.05) is 0 Å². The van der Waals surface area contributed by atoms with Crippen LogP contribution in [-0.2, 0) is 11.3 Å². The van der Waals surface area contributed by atoms with E-state index < -0.39 is 5.91 Å². The highest BCUT2D eigenvalue weighted by molar-refractivity contribution is 6.05. The third kappa shape index (κ3) is 5.46. The third-order valence-electron chi connectivity index (χ3n) is 5.10. The highest BCUT2D eigenvalue weighted by Gasteiger charge is 2.15. The van der Waals surface area contributed by atoms with Gasteiger partial charge < -0.3 is 19.6 Å². The summed E-state index contributed by atoms with van der Waals surface area (Å²) in [6.07, 6.45) is 6.66. The topological polar surface area (TPSA) is 89.2 Å². The number of carbonyl (C=O) groups excluding carboxylic acids is 2. The minimum atomic E-state index is -0.415. The van der Waals surface area contributed by atoms with Gasteiger partial charge in [0.05, 0.1) is 6.26 Å². The van der Waals surface area contributed by atoms with Crippen LogP contribution in [0.5, 0.6) is 0 Å². The second kappa shape index (κ2) is 9.82. The van der Waals surface area contributed by atoms with Crippen LogP contribution in [0.2, 0.25) is 0 Å². The van der Waals surface area contributed by atoms with Crippen molar-refractivity contribution in [2.45, 2.75) is 20.4 Å². The van der Waals surface area contributed by atoms with E-state index in [0.717, 1.165) is 22.6 Å². The first kappa shape index (κ1) is 21.8. The van der Waals surface area contributed by atoms with Gasteiger partial charge in [-0.2, -0.15) is 0 Å². The number of carbonyl (C=O) groups is 2. The van der Waals surface area contributed by atoms with Crippen LogP contribution in [0, 0.1) is 13.8 Å². The normalized spacial score (nSPS) is 11.3. The van der Waals surface area contributed by atoms with Crippen molar-refractivity contribution in [3.63, 3.8) is 0 Å². The maximum Gasteiger partial charge on any atom is 0.268 e. The van der Waals surface area contributed by atoms with Crippen LogP contribution in [-0.4, -0.2) is 21.4 Å². The van der Waals surface area contributed by atoms with E-state index in [-0.39, 0.29) is 11.6 Å². The molecule has 2 aromatic carbocycles. The van der Waals surface area contributed by atoms with Gasteiger partial charge in [0, 0.05) is 36.3 Å². The average Bonchev–Trinajstić information content (AvgIpc) is 3.49. The Kier molecular flexibility index (Phi) is 6.50. The van der Waals surface area contributed by atoms with Crippen molar-refractivity contribution in [3.8, 4) is 5.69 Å². The van der Waals surface area contributed by atoms with E-state index >= 15 is 0 Å². The fraction of sp³-hybridized carbons (Fsp3) is 0.115. The summed E-state index contributed by atoms with van der Waals surface area (Å²) in [6.45, 7) is 4.15. The Bertz CT molecular complexity index is 1290. The van der Waals surface area contributed by atoms with Crippen LogP contribution in [0.3, 0.4) is 0 Å². The highest BCUT2D eigenvalue weighted by atomic mass is 16.3. The molecule has 0 fully saturated rings. The molecule has 0 aliphatic heterocycles. The number of nitrogens with one attached hydrogen (secondary N) is 2. The lowest BCUT2D eigenvalue weighted by atomic mass is 10.1. The van der Waals surface area contributed by atoms with E-state index in [0.29, 0.717) is 17.9 Å². The molecule has 7 heteroatoms. The quantitative estimate of drug-likeness (QED) is 0.422. The Hall–Kier alpha value is -4.39. The maximum atomic E-state index is 12.9. The summed E-state index contributed by atoms with van der Waals surface area (Å²) in [5, 5.41) is 5.57. The van der Waals surface area contributed by atoms with Crippen LogP contribution < -0.4 is 10.6 Å². The van der Waals surface area contributed by atoms with Gasteiger partial charge in [0.2, 0.25) is 0 Å². The summed E-state index contributed by atoms with van der Waals surface area (Å²) >= 11 is 0. The predicted molar refractivity (Wildman–Crippen MR) is 125 cm³/mol. The number of benzene rings is 2. The molecule has 0 saturated carbocycles. The van der Waals surface area contributed by atoms with E-state index in [1.807, 2.05) is 54.9 Å². The average molecular weight is 441 g/mol. The second-order valence-electron chi connectivity index (χ2n) is 7.59. The van der Waals surface area contributed by atoms with Gasteiger partial charge in [-0.05, 0) is 55.8 Å². The molecule has 4 rings (SSSR count). The highest BCUT2D eigenvalue weighted by Crippen LogP contribution is 2.13. The van der Waals surface area contributed by atoms with E-state index in [1.165, 1.54) is 12.3 Å². The minimum absolute atomic E-state index is 0.0992. The van der Waals surface area contributed by atoms with Crippen molar-refractivity contribution in [1.29, 1.82) is 0 Å². The van der Waals surface area contributed by atoms with Gasteiger partial charge >= 0.3 is 0 Å². The number of furan rings is 1. The molecule has 0 unspecified atom stereocenters. The molecule has 4 aromatic rings. The lowest BCUT2D eigenvalue weighted by molar-refractivity contribution is -0.117. The van der Waals surface area contributed by atoms with Crippen LogP contribution in [0.1, 0.15) is 33.1 Å². The molecule has 0 spiro atoms. The summed E-state index contributed by atoms with van der Waals surface area (Å²) in [4.78, 5) is 29.9. The number of rotatable bonds is 7. The number of aryl methyl sites for hydroxylation is 2. The van der Waals surface area contributed by atoms with Crippen molar-refractivity contribution < 1.29 is 14.0 Å². The van der Waals surface area contributed by atoms with Crippen LogP contribution >= 0.6 is 0 Å². The summed E-state index contributed by atoms with van der Waals surface area (Å²) < 4.78 is 7.31. The summed E-state index contributed by atoms with van der Waals surface area (Å²) in [5.74, 6) is 0.575. The van der Waals surface area contributed by atoms with Gasteiger partial charge in [0.1, 0.15) is 17.3 Å². The molecular weight excluding hydrogens is 416 g/mol. The fourth-order valence-electron chi connectivity index (χ4n) is 3.36. The van der Waals surface area contributed by atoms with Gasteiger partial charge in [-0.1, -0.05) is 29.8 Å². The molecule has 2 heterocycles. The largest absolute Gasteiger partial charge is 0.465 e. The molecule has 7 nitrogen and oxygen atoms in total. The standard InChI is InChI=1S/C26H24N4O3/c1-18-5-3-6-21(15-18)25(31)29-24(16-23-7-4-14-33-23)26(32)28-17-20-8-10-22(11-9-20)30-13-12-27-19(30)2/h3-16H,17H2,1-2H3,(H,28,32)(H,29,31)/b24-16-. The number of hydrogen-bond acceptors (Lipinski definition) is 4. The van der Waals surface area contributed by atoms with Crippen LogP contribution in [0.15, 0.2) is 89.4 Å². The molecule has 2 aromatic heterocycles. The SMILES string of the molecule is Cc1cccc(C(=O)N/C(=C\c2ccco2)C(=O)NCc2ccc(-n3ccnc3C)cc2)c1. The summed E-state index contributed by atoms with van der Waals surface area (Å²) in [6, 6.07) is 18.4. The van der Waals surface area contributed by atoms with Gasteiger partial charge in [0.25, 0.3) is 11.8 Å². The van der Waals surface area contributed by atoms with Gasteiger partial charge in [0.15, 0.2) is 0 Å². The Labute approximate surface area is 191 Å². The minimum Gasteiger partial charge on any atom is -0.465 e. The number of nitrogens with zero attached hydrogens (tertiary/aromatic N) is 2. The van der Waals surface area contributed by atoms with Crippen molar-refractivity contribution in [2.24, 2.45) is 0 Å². The first-order valence-electron chi connectivity index (χ1n) is 10.5. The van der Waals surface area contributed by atoms with Crippen LogP contribution in [0.4, 0.5) is 0 Å². The van der Waals surface area contributed by atoms with Gasteiger partial charge in [-0.15, -0.1) is 0 Å². The Morgan fingerprint density at radius 2 is 1.88 bits per heavy atom. The van der Waals surface area contributed by atoms with E-state index in [2.05, 4.69) is 15.6 Å². The number of hydrogen-bond donors (Lipinski definition) is 2. The molecule has 166 valence electrons. The zero-order valence-corrected chi connectivity index (χ0v) is 18.4. The first-order valence-corrected chi connectivity index (χ1v) is 10.5. The van der Waals surface area contributed by atoms with E-state index in [4.69, 9.17) is 4.42 Å². The molecule has 2 N–H and O–H groups in total. The van der Waals surface area contributed by atoms with Crippen molar-refractivity contribution in [3.05, 3.63) is 113 Å². The second-order valence-corrected chi connectivity index (χ2v) is 7.59.